The standard InChI is InChI=1S/C11H19F3N2O2/c12-11(13,14)8-18-7-1-5-15-6-4-10(17)16-9-2-3-9/h9,15H,1-8H2,(H,16,17). The number of hydrogen-bond donors (Lipinski definition) is 2. The van der Waals surface area contributed by atoms with Crippen LogP contribution in [0.25, 0.3) is 0 Å². The molecule has 0 unspecified atom stereocenters. The number of hydrogen-bond acceptors (Lipinski definition) is 3. The highest BCUT2D eigenvalue weighted by Gasteiger charge is 2.27. The normalized spacial score (nSPS) is 15.7. The summed E-state index contributed by atoms with van der Waals surface area (Å²) in [5.41, 5.74) is 0. The lowest BCUT2D eigenvalue weighted by Crippen LogP contribution is -2.29. The molecule has 1 fully saturated rings. The maximum atomic E-state index is 11.7. The zero-order valence-corrected chi connectivity index (χ0v) is 10.2. The number of ether oxygens (including phenoxy) is 1. The summed E-state index contributed by atoms with van der Waals surface area (Å²) >= 11 is 0. The molecule has 0 heterocycles. The van der Waals surface area contributed by atoms with Crippen molar-refractivity contribution in [3.8, 4) is 0 Å². The lowest BCUT2D eigenvalue weighted by Gasteiger charge is -2.08. The van der Waals surface area contributed by atoms with Crippen molar-refractivity contribution in [1.82, 2.24) is 10.6 Å². The van der Waals surface area contributed by atoms with Gasteiger partial charge < -0.3 is 15.4 Å². The van der Waals surface area contributed by atoms with Crippen molar-refractivity contribution < 1.29 is 22.7 Å². The summed E-state index contributed by atoms with van der Waals surface area (Å²) in [6, 6.07) is 0.369. The molecule has 1 aliphatic rings. The second-order valence-corrected chi connectivity index (χ2v) is 4.36. The Morgan fingerprint density at radius 1 is 1.28 bits per heavy atom. The zero-order chi connectivity index (χ0) is 13.4. The molecule has 1 rings (SSSR count). The molecule has 0 aliphatic heterocycles. The maximum Gasteiger partial charge on any atom is 0.411 e. The molecule has 7 heteroatoms. The van der Waals surface area contributed by atoms with Gasteiger partial charge in [-0.2, -0.15) is 13.2 Å². The minimum absolute atomic E-state index is 0.0262. The van der Waals surface area contributed by atoms with E-state index in [0.717, 1.165) is 12.8 Å². The molecule has 0 radical (unpaired) electrons. The largest absolute Gasteiger partial charge is 0.411 e. The topological polar surface area (TPSA) is 50.4 Å². The molecule has 0 spiro atoms. The second kappa shape index (κ2) is 7.58. The summed E-state index contributed by atoms with van der Waals surface area (Å²) < 4.78 is 39.5. The molecule has 1 saturated carbocycles. The first-order valence-electron chi connectivity index (χ1n) is 6.12. The minimum Gasteiger partial charge on any atom is -0.372 e. The van der Waals surface area contributed by atoms with Crippen molar-refractivity contribution >= 4 is 5.91 Å². The molecule has 2 N–H and O–H groups in total. The number of rotatable bonds is 9. The monoisotopic (exact) mass is 268 g/mol. The predicted molar refractivity (Wildman–Crippen MR) is 60.1 cm³/mol. The van der Waals surface area contributed by atoms with Gasteiger partial charge in [0.1, 0.15) is 6.61 Å². The molecule has 0 saturated heterocycles. The van der Waals surface area contributed by atoms with E-state index in [0.29, 0.717) is 32.0 Å². The third kappa shape index (κ3) is 9.23. The third-order valence-corrected chi connectivity index (χ3v) is 2.38. The molecule has 0 aromatic carbocycles. The minimum atomic E-state index is -4.26. The van der Waals surface area contributed by atoms with E-state index in [1.54, 1.807) is 0 Å². The fraction of sp³-hybridized carbons (Fsp3) is 0.909. The first-order chi connectivity index (χ1) is 8.47. The molecule has 0 aromatic heterocycles. The summed E-state index contributed by atoms with van der Waals surface area (Å²) in [6.07, 6.45) is -1.22. The van der Waals surface area contributed by atoms with E-state index in [2.05, 4.69) is 15.4 Å². The van der Waals surface area contributed by atoms with Crippen molar-refractivity contribution in [2.75, 3.05) is 26.3 Å². The van der Waals surface area contributed by atoms with Gasteiger partial charge in [0.05, 0.1) is 0 Å². The average molecular weight is 268 g/mol. The Morgan fingerprint density at radius 2 is 2.00 bits per heavy atom. The fourth-order valence-corrected chi connectivity index (χ4v) is 1.34. The van der Waals surface area contributed by atoms with Crippen LogP contribution in [-0.4, -0.2) is 44.4 Å². The van der Waals surface area contributed by atoms with Gasteiger partial charge in [-0.15, -0.1) is 0 Å². The van der Waals surface area contributed by atoms with Gasteiger partial charge in [-0.25, -0.2) is 0 Å². The Bertz CT molecular complexity index is 255. The number of amides is 1. The van der Waals surface area contributed by atoms with Crippen LogP contribution < -0.4 is 10.6 Å². The Hall–Kier alpha value is -0.820. The molecule has 1 aliphatic carbocycles. The molecule has 4 nitrogen and oxygen atoms in total. The smallest absolute Gasteiger partial charge is 0.372 e. The zero-order valence-electron chi connectivity index (χ0n) is 10.2. The van der Waals surface area contributed by atoms with Crippen LogP contribution in [0.15, 0.2) is 0 Å². The highest BCUT2D eigenvalue weighted by Crippen LogP contribution is 2.18. The number of carbonyl (C=O) groups excluding carboxylic acids is 1. The molecule has 1 amide bonds. The van der Waals surface area contributed by atoms with Gasteiger partial charge in [0, 0.05) is 25.6 Å². The highest BCUT2D eigenvalue weighted by molar-refractivity contribution is 5.76. The van der Waals surface area contributed by atoms with Gasteiger partial charge in [0.25, 0.3) is 0 Å². The van der Waals surface area contributed by atoms with E-state index >= 15 is 0 Å². The van der Waals surface area contributed by atoms with Crippen LogP contribution in [0, 0.1) is 0 Å². The van der Waals surface area contributed by atoms with E-state index in [4.69, 9.17) is 0 Å². The first-order valence-corrected chi connectivity index (χ1v) is 6.12. The molecule has 0 atom stereocenters. The summed E-state index contributed by atoms with van der Waals surface area (Å²) in [4.78, 5) is 11.2. The van der Waals surface area contributed by atoms with Gasteiger partial charge >= 0.3 is 6.18 Å². The Labute approximate surface area is 104 Å². The van der Waals surface area contributed by atoms with E-state index in [1.165, 1.54) is 0 Å². The quantitative estimate of drug-likeness (QED) is 0.618. The van der Waals surface area contributed by atoms with Gasteiger partial charge in [-0.1, -0.05) is 0 Å². The molecule has 0 bridgehead atoms. The second-order valence-electron chi connectivity index (χ2n) is 4.36. The van der Waals surface area contributed by atoms with E-state index in [1.807, 2.05) is 0 Å². The van der Waals surface area contributed by atoms with Crippen molar-refractivity contribution in [1.29, 1.82) is 0 Å². The lowest BCUT2D eigenvalue weighted by molar-refractivity contribution is -0.173. The van der Waals surface area contributed by atoms with Crippen molar-refractivity contribution in [3.05, 3.63) is 0 Å². The van der Waals surface area contributed by atoms with Crippen LogP contribution in [0.1, 0.15) is 25.7 Å². The van der Waals surface area contributed by atoms with Gasteiger partial charge in [0.15, 0.2) is 0 Å². The summed E-state index contributed by atoms with van der Waals surface area (Å²) in [6.45, 7) is -0.0377. The Kier molecular flexibility index (Phi) is 6.42. The van der Waals surface area contributed by atoms with Gasteiger partial charge in [-0.05, 0) is 25.8 Å². The summed E-state index contributed by atoms with van der Waals surface area (Å²) in [7, 11) is 0. The summed E-state index contributed by atoms with van der Waals surface area (Å²) in [5, 5.41) is 5.84. The third-order valence-electron chi connectivity index (χ3n) is 2.38. The van der Waals surface area contributed by atoms with Crippen LogP contribution in [-0.2, 0) is 9.53 Å². The van der Waals surface area contributed by atoms with Gasteiger partial charge in [0.2, 0.25) is 5.91 Å². The Balaban J connectivity index is 1.79. The number of halogens is 3. The Morgan fingerprint density at radius 3 is 2.61 bits per heavy atom. The van der Waals surface area contributed by atoms with Crippen LogP contribution in [0.2, 0.25) is 0 Å². The number of nitrogens with one attached hydrogen (secondary N) is 2. The lowest BCUT2D eigenvalue weighted by atomic mass is 10.3. The van der Waals surface area contributed by atoms with Crippen molar-refractivity contribution in [2.24, 2.45) is 0 Å². The van der Waals surface area contributed by atoms with Gasteiger partial charge in [-0.3, -0.25) is 4.79 Å². The molecule has 106 valence electrons. The fourth-order valence-electron chi connectivity index (χ4n) is 1.34. The molecular formula is C11H19F3N2O2. The number of alkyl halides is 3. The van der Waals surface area contributed by atoms with Crippen molar-refractivity contribution in [3.63, 3.8) is 0 Å². The average Bonchev–Trinajstić information content (AvgIpc) is 3.04. The molecular weight excluding hydrogens is 249 g/mol. The molecule has 0 aromatic rings. The molecule has 18 heavy (non-hydrogen) atoms. The van der Waals surface area contributed by atoms with Crippen LogP contribution >= 0.6 is 0 Å². The van der Waals surface area contributed by atoms with Crippen LogP contribution in [0.3, 0.4) is 0 Å². The van der Waals surface area contributed by atoms with Crippen molar-refractivity contribution in [2.45, 2.75) is 37.9 Å². The van der Waals surface area contributed by atoms with Crippen LogP contribution in [0.4, 0.5) is 13.2 Å². The first kappa shape index (κ1) is 15.2. The van der Waals surface area contributed by atoms with E-state index < -0.39 is 12.8 Å². The van der Waals surface area contributed by atoms with E-state index in [-0.39, 0.29) is 12.5 Å². The summed E-state index contributed by atoms with van der Waals surface area (Å²) in [5.74, 6) is 0.0262. The van der Waals surface area contributed by atoms with E-state index in [9.17, 15) is 18.0 Å². The number of carbonyl (C=O) groups is 1. The SMILES string of the molecule is O=C(CCNCCCOCC(F)(F)F)NC1CC1. The highest BCUT2D eigenvalue weighted by atomic mass is 19.4. The van der Waals surface area contributed by atoms with Crippen LogP contribution in [0.5, 0.6) is 0 Å². The predicted octanol–water partition coefficient (Wildman–Crippen LogP) is 1.21. The maximum absolute atomic E-state index is 11.7.